The minimum absolute atomic E-state index is 0.199. The lowest BCUT2D eigenvalue weighted by atomic mass is 10.3. The summed E-state index contributed by atoms with van der Waals surface area (Å²) in [4.78, 5) is 26.6. The van der Waals surface area contributed by atoms with Crippen LogP contribution in [0.1, 0.15) is 31.2 Å². The van der Waals surface area contributed by atoms with E-state index in [9.17, 15) is 27.2 Å². The van der Waals surface area contributed by atoms with E-state index in [2.05, 4.69) is 5.10 Å². The van der Waals surface area contributed by atoms with Crippen LogP contribution < -0.4 is 0 Å². The molecule has 11 heteroatoms. The number of amides is 2. The second-order valence-corrected chi connectivity index (χ2v) is 5.32. The Balaban J connectivity index is 1.98. The summed E-state index contributed by atoms with van der Waals surface area (Å²) < 4.78 is 56.6. The molecule has 2 rings (SSSR count). The van der Waals surface area contributed by atoms with Gasteiger partial charge in [0, 0.05) is 26.2 Å². The second kappa shape index (κ2) is 8.17. The van der Waals surface area contributed by atoms with Crippen LogP contribution in [-0.2, 0) is 16.1 Å². The Morgan fingerprint density at radius 3 is 2.24 bits per heavy atom. The first-order chi connectivity index (χ1) is 11.8. The maximum Gasteiger partial charge on any atom is 0.409 e. The number of piperazine rings is 1. The minimum Gasteiger partial charge on any atom is -0.450 e. The van der Waals surface area contributed by atoms with Crippen molar-refractivity contribution >= 4 is 12.0 Å². The summed E-state index contributed by atoms with van der Waals surface area (Å²) in [7, 11) is 0. The summed E-state index contributed by atoms with van der Waals surface area (Å²) in [5.41, 5.74) is -1.52. The smallest absolute Gasteiger partial charge is 0.409 e. The molecule has 0 atom stereocenters. The van der Waals surface area contributed by atoms with Gasteiger partial charge >= 0.3 is 6.09 Å². The van der Waals surface area contributed by atoms with Gasteiger partial charge in [-0.1, -0.05) is 0 Å². The molecule has 0 unspecified atom stereocenters. The summed E-state index contributed by atoms with van der Waals surface area (Å²) in [6, 6.07) is 0.599. The summed E-state index contributed by atoms with van der Waals surface area (Å²) in [6.07, 6.45) is -6.50. The van der Waals surface area contributed by atoms with Crippen LogP contribution in [-0.4, -0.2) is 64.4 Å². The Morgan fingerprint density at radius 1 is 1.12 bits per heavy atom. The molecule has 0 N–H and O–H groups in total. The number of halogens is 4. The van der Waals surface area contributed by atoms with E-state index in [1.165, 1.54) is 9.80 Å². The molecule has 1 aliphatic rings. The van der Waals surface area contributed by atoms with Crippen molar-refractivity contribution in [1.29, 1.82) is 0 Å². The highest BCUT2D eigenvalue weighted by molar-refractivity contribution is 5.76. The van der Waals surface area contributed by atoms with E-state index in [-0.39, 0.29) is 32.8 Å². The number of aromatic nitrogens is 2. The third-order valence-corrected chi connectivity index (χ3v) is 3.72. The molecule has 0 spiro atoms. The van der Waals surface area contributed by atoms with E-state index in [0.717, 1.165) is 0 Å². The molecule has 1 aliphatic heterocycles. The van der Waals surface area contributed by atoms with Crippen molar-refractivity contribution < 1.29 is 31.9 Å². The monoisotopic (exact) mass is 366 g/mol. The van der Waals surface area contributed by atoms with E-state index in [4.69, 9.17) is 4.74 Å². The van der Waals surface area contributed by atoms with Gasteiger partial charge < -0.3 is 14.5 Å². The number of rotatable bonds is 5. The molecule has 25 heavy (non-hydrogen) atoms. The Bertz CT molecular complexity index is 615. The highest BCUT2D eigenvalue weighted by Gasteiger charge is 2.27. The highest BCUT2D eigenvalue weighted by Crippen LogP contribution is 2.25. The number of hydrogen-bond acceptors (Lipinski definition) is 4. The van der Waals surface area contributed by atoms with E-state index >= 15 is 0 Å². The van der Waals surface area contributed by atoms with Crippen molar-refractivity contribution in [3.8, 4) is 0 Å². The molecule has 0 saturated carbocycles. The topological polar surface area (TPSA) is 67.7 Å². The van der Waals surface area contributed by atoms with Gasteiger partial charge in [-0.15, -0.1) is 0 Å². The molecule has 2 amide bonds. The second-order valence-electron chi connectivity index (χ2n) is 5.32. The fourth-order valence-electron chi connectivity index (χ4n) is 2.44. The molecule has 2 heterocycles. The maximum absolute atomic E-state index is 12.9. The molecule has 7 nitrogen and oxygen atoms in total. The van der Waals surface area contributed by atoms with Gasteiger partial charge in [-0.3, -0.25) is 9.48 Å². The van der Waals surface area contributed by atoms with Gasteiger partial charge in [-0.05, 0) is 13.0 Å². The predicted octanol–water partition coefficient (Wildman–Crippen LogP) is 2.06. The van der Waals surface area contributed by atoms with Crippen LogP contribution in [0.2, 0.25) is 0 Å². The molecule has 1 aromatic rings. The van der Waals surface area contributed by atoms with Crippen molar-refractivity contribution in [2.75, 3.05) is 32.8 Å². The van der Waals surface area contributed by atoms with E-state index < -0.39 is 42.8 Å². The molecule has 0 aromatic carbocycles. The number of nitrogens with zero attached hydrogens (tertiary/aromatic N) is 4. The fraction of sp³-hybridized carbons (Fsp3) is 0.643. The first-order valence-corrected chi connectivity index (χ1v) is 7.66. The lowest BCUT2D eigenvalue weighted by molar-refractivity contribution is -0.133. The van der Waals surface area contributed by atoms with Crippen LogP contribution in [0.4, 0.5) is 22.4 Å². The third kappa shape index (κ3) is 4.60. The molecule has 0 aliphatic carbocycles. The zero-order chi connectivity index (χ0) is 18.6. The van der Waals surface area contributed by atoms with Crippen molar-refractivity contribution in [3.05, 3.63) is 17.5 Å². The Hall–Kier alpha value is -2.33. The molecule has 1 aromatic heterocycles. The summed E-state index contributed by atoms with van der Waals surface area (Å²) in [5, 5.41) is 3.39. The van der Waals surface area contributed by atoms with E-state index in [1.807, 2.05) is 0 Å². The summed E-state index contributed by atoms with van der Waals surface area (Å²) in [6.45, 7) is 2.23. The molecule has 1 fully saturated rings. The Morgan fingerprint density at radius 2 is 1.72 bits per heavy atom. The fourth-order valence-corrected chi connectivity index (χ4v) is 2.44. The first-order valence-electron chi connectivity index (χ1n) is 7.66. The van der Waals surface area contributed by atoms with Gasteiger partial charge in [0.05, 0.1) is 6.61 Å². The normalized spacial score (nSPS) is 15.2. The molecular weight excluding hydrogens is 348 g/mol. The van der Waals surface area contributed by atoms with Crippen LogP contribution in [0.15, 0.2) is 6.07 Å². The summed E-state index contributed by atoms with van der Waals surface area (Å²) in [5.74, 6) is -0.533. The van der Waals surface area contributed by atoms with Crippen LogP contribution >= 0.6 is 0 Å². The quantitative estimate of drug-likeness (QED) is 0.748. The van der Waals surface area contributed by atoms with Crippen molar-refractivity contribution in [1.82, 2.24) is 19.6 Å². The number of carbonyl (C=O) groups excluding carboxylic acids is 2. The number of alkyl halides is 4. The molecule has 1 saturated heterocycles. The Kier molecular flexibility index (Phi) is 6.21. The Labute approximate surface area is 141 Å². The lowest BCUT2D eigenvalue weighted by Crippen LogP contribution is -2.51. The minimum atomic E-state index is -3.02. The van der Waals surface area contributed by atoms with Crippen LogP contribution in [0.3, 0.4) is 0 Å². The molecule has 0 radical (unpaired) electrons. The van der Waals surface area contributed by atoms with Gasteiger partial charge in [0.15, 0.2) is 0 Å². The highest BCUT2D eigenvalue weighted by atomic mass is 19.3. The zero-order valence-electron chi connectivity index (χ0n) is 13.5. The average Bonchev–Trinajstić information content (AvgIpc) is 2.99. The van der Waals surface area contributed by atoms with Gasteiger partial charge in [0.2, 0.25) is 5.91 Å². The van der Waals surface area contributed by atoms with Gasteiger partial charge in [-0.2, -0.15) is 5.10 Å². The molecule has 0 bridgehead atoms. The van der Waals surface area contributed by atoms with E-state index in [1.54, 1.807) is 6.92 Å². The summed E-state index contributed by atoms with van der Waals surface area (Å²) >= 11 is 0. The van der Waals surface area contributed by atoms with Gasteiger partial charge in [0.25, 0.3) is 12.9 Å². The van der Waals surface area contributed by atoms with Crippen molar-refractivity contribution in [3.63, 3.8) is 0 Å². The molecular formula is C14H18F4N4O3. The van der Waals surface area contributed by atoms with E-state index in [0.29, 0.717) is 10.7 Å². The largest absolute Gasteiger partial charge is 0.450 e. The average molecular weight is 366 g/mol. The zero-order valence-corrected chi connectivity index (χ0v) is 13.5. The van der Waals surface area contributed by atoms with Crippen LogP contribution in [0.5, 0.6) is 0 Å². The van der Waals surface area contributed by atoms with Crippen LogP contribution in [0, 0.1) is 0 Å². The number of hydrogen-bond donors (Lipinski definition) is 0. The van der Waals surface area contributed by atoms with Gasteiger partial charge in [0.1, 0.15) is 17.9 Å². The number of carbonyl (C=O) groups is 2. The maximum atomic E-state index is 12.9. The van der Waals surface area contributed by atoms with Crippen molar-refractivity contribution in [2.24, 2.45) is 0 Å². The van der Waals surface area contributed by atoms with Crippen LogP contribution in [0.25, 0.3) is 0 Å². The SMILES string of the molecule is CCOC(=O)N1CCN(C(=O)Cn2nc(C(F)F)cc2C(F)F)CC1. The third-order valence-electron chi connectivity index (χ3n) is 3.72. The van der Waals surface area contributed by atoms with Crippen molar-refractivity contribution in [2.45, 2.75) is 26.3 Å². The lowest BCUT2D eigenvalue weighted by Gasteiger charge is -2.34. The standard InChI is InChI=1S/C14H18F4N4O3/c1-2-25-14(24)21-5-3-20(4-6-21)11(23)8-22-10(13(17)18)7-9(19-22)12(15)16/h7,12-13H,2-6,8H2,1H3. The number of ether oxygens (including phenoxy) is 1. The predicted molar refractivity (Wildman–Crippen MR) is 77.3 cm³/mol. The van der Waals surface area contributed by atoms with Gasteiger partial charge in [-0.25, -0.2) is 22.4 Å². The first kappa shape index (κ1) is 19.0. The molecule has 140 valence electrons.